The van der Waals surface area contributed by atoms with Gasteiger partial charge in [-0.25, -0.2) is 0 Å². The Bertz CT molecular complexity index is 531. The molecule has 1 N–H and O–H groups in total. The molecule has 1 unspecified atom stereocenters. The molecule has 2 saturated heterocycles. The highest BCUT2D eigenvalue weighted by Gasteiger charge is 2.39. The van der Waals surface area contributed by atoms with Gasteiger partial charge in [0.2, 0.25) is 5.91 Å². The van der Waals surface area contributed by atoms with Crippen molar-refractivity contribution in [3.8, 4) is 5.75 Å². The Labute approximate surface area is 125 Å². The Balaban J connectivity index is 1.53. The van der Waals surface area contributed by atoms with E-state index in [4.69, 9.17) is 4.74 Å². The van der Waals surface area contributed by atoms with E-state index in [-0.39, 0.29) is 5.92 Å². The number of hydrogen-bond acceptors (Lipinski definition) is 3. The molecule has 112 valence electrons. The number of rotatable bonds is 1. The first kappa shape index (κ1) is 13.1. The van der Waals surface area contributed by atoms with E-state index in [1.165, 1.54) is 12.8 Å². The molecule has 3 aliphatic heterocycles. The number of benzene rings is 1. The lowest BCUT2D eigenvalue weighted by Crippen LogP contribution is -2.41. The summed E-state index contributed by atoms with van der Waals surface area (Å²) < 4.78 is 5.68. The molecular weight excluding hydrogens is 264 g/mol. The van der Waals surface area contributed by atoms with E-state index in [1.807, 2.05) is 24.3 Å². The van der Waals surface area contributed by atoms with Crippen LogP contribution in [0, 0.1) is 5.92 Å². The average Bonchev–Trinajstić information content (AvgIpc) is 2.97. The van der Waals surface area contributed by atoms with Crippen LogP contribution >= 0.6 is 0 Å². The predicted molar refractivity (Wildman–Crippen MR) is 80.4 cm³/mol. The third-order valence-corrected chi connectivity index (χ3v) is 5.17. The van der Waals surface area contributed by atoms with E-state index in [0.29, 0.717) is 24.5 Å². The highest BCUT2D eigenvalue weighted by Crippen LogP contribution is 2.36. The van der Waals surface area contributed by atoms with E-state index in [9.17, 15) is 4.79 Å². The first-order chi connectivity index (χ1) is 10.3. The lowest BCUT2D eigenvalue weighted by molar-refractivity contribution is -0.132. The summed E-state index contributed by atoms with van der Waals surface area (Å²) in [6, 6.07) is 8.50. The number of carbonyl (C=O) groups excluding carboxylic acids is 1. The molecule has 4 heteroatoms. The van der Waals surface area contributed by atoms with Gasteiger partial charge in [-0.3, -0.25) is 4.79 Å². The minimum Gasteiger partial charge on any atom is -0.493 e. The molecule has 1 amide bonds. The number of amides is 1. The van der Waals surface area contributed by atoms with Gasteiger partial charge in [0.05, 0.1) is 12.5 Å². The van der Waals surface area contributed by atoms with Crippen LogP contribution in [0.25, 0.3) is 0 Å². The summed E-state index contributed by atoms with van der Waals surface area (Å²) in [4.78, 5) is 15.0. The van der Waals surface area contributed by atoms with Crippen molar-refractivity contribution in [2.75, 3.05) is 26.2 Å². The van der Waals surface area contributed by atoms with E-state index < -0.39 is 0 Å². The molecule has 1 aromatic rings. The molecule has 21 heavy (non-hydrogen) atoms. The number of nitrogens with one attached hydrogen (secondary N) is 1. The fourth-order valence-corrected chi connectivity index (χ4v) is 4.05. The van der Waals surface area contributed by atoms with Gasteiger partial charge in [-0.1, -0.05) is 18.2 Å². The number of ether oxygens (including phenoxy) is 1. The summed E-state index contributed by atoms with van der Waals surface area (Å²) in [5.74, 6) is 1.81. The molecule has 0 aliphatic carbocycles. The Morgan fingerprint density at radius 1 is 1.24 bits per heavy atom. The molecule has 1 aromatic carbocycles. The minimum atomic E-state index is -0.0184. The molecule has 0 bridgehead atoms. The molecule has 4 nitrogen and oxygen atoms in total. The number of likely N-dealkylation sites (tertiary alicyclic amines) is 1. The van der Waals surface area contributed by atoms with Crippen LogP contribution in [0.5, 0.6) is 5.75 Å². The number of para-hydroxylation sites is 1. The summed E-state index contributed by atoms with van der Waals surface area (Å²) in [5.41, 5.74) is 1.07. The van der Waals surface area contributed by atoms with E-state index >= 15 is 0 Å². The van der Waals surface area contributed by atoms with Crippen molar-refractivity contribution < 1.29 is 9.53 Å². The van der Waals surface area contributed by atoms with E-state index in [0.717, 1.165) is 37.4 Å². The zero-order valence-electron chi connectivity index (χ0n) is 12.3. The second-order valence-corrected chi connectivity index (χ2v) is 6.43. The molecule has 3 atom stereocenters. The summed E-state index contributed by atoms with van der Waals surface area (Å²) in [5, 5.41) is 3.57. The van der Waals surface area contributed by atoms with Crippen LogP contribution in [-0.2, 0) is 4.79 Å². The largest absolute Gasteiger partial charge is 0.493 e. The van der Waals surface area contributed by atoms with Gasteiger partial charge in [-0.05, 0) is 37.8 Å². The van der Waals surface area contributed by atoms with Crippen molar-refractivity contribution in [3.05, 3.63) is 29.8 Å². The lowest BCUT2D eigenvalue weighted by Gasteiger charge is -2.28. The summed E-state index contributed by atoms with van der Waals surface area (Å²) in [7, 11) is 0. The van der Waals surface area contributed by atoms with Crippen LogP contribution in [0.1, 0.15) is 30.7 Å². The predicted octanol–water partition coefficient (Wildman–Crippen LogP) is 1.76. The monoisotopic (exact) mass is 286 g/mol. The molecule has 0 aromatic heterocycles. The van der Waals surface area contributed by atoms with Crippen molar-refractivity contribution >= 4 is 5.91 Å². The lowest BCUT2D eigenvalue weighted by atomic mass is 9.92. The molecule has 0 saturated carbocycles. The number of fused-ring (bicyclic) bond motifs is 2. The Kier molecular flexibility index (Phi) is 3.34. The van der Waals surface area contributed by atoms with Crippen LogP contribution in [0.4, 0.5) is 0 Å². The molecule has 3 aliphatic rings. The molecule has 0 radical (unpaired) electrons. The van der Waals surface area contributed by atoms with Gasteiger partial charge in [0.1, 0.15) is 5.75 Å². The highest BCUT2D eigenvalue weighted by molar-refractivity contribution is 5.85. The number of carbonyl (C=O) groups is 1. The van der Waals surface area contributed by atoms with Crippen LogP contribution in [0.3, 0.4) is 0 Å². The third-order valence-electron chi connectivity index (χ3n) is 5.17. The van der Waals surface area contributed by atoms with Gasteiger partial charge in [-0.2, -0.15) is 0 Å². The highest BCUT2D eigenvalue weighted by atomic mass is 16.5. The first-order valence-corrected chi connectivity index (χ1v) is 8.07. The standard InChI is InChI=1S/C17H22N2O2/c20-17(19-10-12-4-3-8-18-15(12)11-19)14-7-9-21-16-6-2-1-5-13(14)16/h1-2,5-6,12,14-15,18H,3-4,7-11H2/t12-,14?,15+/m0/s1. The van der Waals surface area contributed by atoms with Gasteiger partial charge in [-0.15, -0.1) is 0 Å². The van der Waals surface area contributed by atoms with Crippen molar-refractivity contribution in [1.29, 1.82) is 0 Å². The summed E-state index contributed by atoms with van der Waals surface area (Å²) >= 11 is 0. The second-order valence-electron chi connectivity index (χ2n) is 6.43. The normalized spacial score (nSPS) is 31.2. The zero-order chi connectivity index (χ0) is 14.2. The first-order valence-electron chi connectivity index (χ1n) is 8.07. The Morgan fingerprint density at radius 3 is 3.05 bits per heavy atom. The quantitative estimate of drug-likeness (QED) is 0.855. The van der Waals surface area contributed by atoms with Gasteiger partial charge in [0, 0.05) is 24.7 Å². The van der Waals surface area contributed by atoms with Crippen LogP contribution in [-0.4, -0.2) is 43.1 Å². The van der Waals surface area contributed by atoms with Crippen LogP contribution in [0.15, 0.2) is 24.3 Å². The Morgan fingerprint density at radius 2 is 2.14 bits per heavy atom. The molecule has 0 spiro atoms. The van der Waals surface area contributed by atoms with Gasteiger partial charge < -0.3 is 15.0 Å². The zero-order valence-corrected chi connectivity index (χ0v) is 12.3. The maximum Gasteiger partial charge on any atom is 0.230 e. The topological polar surface area (TPSA) is 41.6 Å². The van der Waals surface area contributed by atoms with E-state index in [2.05, 4.69) is 10.2 Å². The Hall–Kier alpha value is -1.55. The number of hydrogen-bond donors (Lipinski definition) is 1. The van der Waals surface area contributed by atoms with Crippen molar-refractivity contribution in [2.45, 2.75) is 31.2 Å². The van der Waals surface area contributed by atoms with Crippen LogP contribution < -0.4 is 10.1 Å². The fourth-order valence-electron chi connectivity index (χ4n) is 4.05. The van der Waals surface area contributed by atoms with Gasteiger partial charge in [0.25, 0.3) is 0 Å². The summed E-state index contributed by atoms with van der Waals surface area (Å²) in [6.07, 6.45) is 3.30. The van der Waals surface area contributed by atoms with E-state index in [1.54, 1.807) is 0 Å². The smallest absolute Gasteiger partial charge is 0.230 e. The molecule has 2 fully saturated rings. The molecule has 4 rings (SSSR count). The molecular formula is C17H22N2O2. The van der Waals surface area contributed by atoms with Crippen molar-refractivity contribution in [2.24, 2.45) is 5.92 Å². The van der Waals surface area contributed by atoms with Gasteiger partial charge in [0.15, 0.2) is 0 Å². The van der Waals surface area contributed by atoms with Crippen LogP contribution in [0.2, 0.25) is 0 Å². The van der Waals surface area contributed by atoms with Gasteiger partial charge >= 0.3 is 0 Å². The maximum absolute atomic E-state index is 12.9. The number of piperidine rings is 1. The second kappa shape index (κ2) is 5.34. The van der Waals surface area contributed by atoms with Crippen molar-refractivity contribution in [3.63, 3.8) is 0 Å². The maximum atomic E-state index is 12.9. The molecule has 3 heterocycles. The minimum absolute atomic E-state index is 0.0184. The SMILES string of the molecule is O=C(C1CCOc2ccccc21)N1C[C@@H]2CCCN[C@@H]2C1. The number of nitrogens with zero attached hydrogens (tertiary/aromatic N) is 1. The summed E-state index contributed by atoms with van der Waals surface area (Å²) in [6.45, 7) is 3.55. The third kappa shape index (κ3) is 2.31. The van der Waals surface area contributed by atoms with Crippen molar-refractivity contribution in [1.82, 2.24) is 10.2 Å². The average molecular weight is 286 g/mol. The fraction of sp³-hybridized carbons (Fsp3) is 0.588.